The number of nitrogens with zero attached hydrogens (tertiary/aromatic N) is 1. The molecule has 3 unspecified atom stereocenters. The molecule has 0 saturated heterocycles. The van der Waals surface area contributed by atoms with E-state index in [4.69, 9.17) is 13.8 Å². The van der Waals surface area contributed by atoms with Crippen LogP contribution in [0.2, 0.25) is 0 Å². The normalized spacial score (nSPS) is 13.9. The zero-order valence-electron chi connectivity index (χ0n) is 49.1. The summed E-state index contributed by atoms with van der Waals surface area (Å²) >= 11 is 0. The van der Waals surface area contributed by atoms with Crippen LogP contribution in [0.25, 0.3) is 0 Å². The minimum absolute atomic E-state index is 0.0227. The summed E-state index contributed by atoms with van der Waals surface area (Å²) in [6.45, 7) is 6.83. The molecule has 0 aromatic heterocycles. The molecule has 1 amide bonds. The van der Waals surface area contributed by atoms with Gasteiger partial charge in [-0.1, -0.05) is 269 Å². The first kappa shape index (κ1) is 71.2. The third-order valence-corrected chi connectivity index (χ3v) is 15.1. The van der Waals surface area contributed by atoms with E-state index in [1.54, 1.807) is 0 Å². The van der Waals surface area contributed by atoms with Crippen molar-refractivity contribution in [3.63, 3.8) is 0 Å². The molecule has 0 fully saturated rings. The third-order valence-electron chi connectivity index (χ3n) is 14.1. The van der Waals surface area contributed by atoms with Gasteiger partial charge in [-0.25, -0.2) is 0 Å². The van der Waals surface area contributed by atoms with Gasteiger partial charge in [0, 0.05) is 12.8 Å². The Balaban J connectivity index is 5.16. The number of phosphoric acid groups is 1. The van der Waals surface area contributed by atoms with Crippen LogP contribution in [0.5, 0.6) is 0 Å². The number of amides is 1. The molecule has 0 aliphatic heterocycles. The zero-order valence-corrected chi connectivity index (χ0v) is 50.0. The summed E-state index contributed by atoms with van der Waals surface area (Å²) in [7, 11) is 1.19. The summed E-state index contributed by atoms with van der Waals surface area (Å²) in [6, 6.07) is -0.890. The second-order valence-electron chi connectivity index (χ2n) is 22.6. The Bertz CT molecular complexity index is 1350. The Labute approximate surface area is 453 Å². The van der Waals surface area contributed by atoms with Crippen molar-refractivity contribution < 1.29 is 37.3 Å². The predicted octanol–water partition coefficient (Wildman–Crippen LogP) is 18.5. The quantitative estimate of drug-likeness (QED) is 0.0161. The summed E-state index contributed by atoms with van der Waals surface area (Å²) in [5, 5.41) is 3.02. The molecule has 73 heavy (non-hydrogen) atoms. The fourth-order valence-electron chi connectivity index (χ4n) is 9.22. The number of phosphoric ester groups is 1. The topological polar surface area (TPSA) is 114 Å². The molecule has 10 heteroatoms. The first-order valence-electron chi connectivity index (χ1n) is 31.3. The largest absolute Gasteiger partial charge is 0.756 e. The minimum Gasteiger partial charge on any atom is -0.756 e. The molecule has 0 rings (SSSR count). The van der Waals surface area contributed by atoms with Crippen LogP contribution in [0, 0.1) is 0 Å². The Kier molecular flexibility index (Phi) is 52.3. The molecular formula is C63H121N2O7P. The van der Waals surface area contributed by atoms with Gasteiger partial charge in [0.25, 0.3) is 7.82 Å². The van der Waals surface area contributed by atoms with Crippen LogP contribution in [-0.2, 0) is 27.9 Å². The number of carbonyl (C=O) groups is 2. The van der Waals surface area contributed by atoms with Gasteiger partial charge < -0.3 is 28.5 Å². The van der Waals surface area contributed by atoms with E-state index in [9.17, 15) is 19.0 Å². The van der Waals surface area contributed by atoms with Gasteiger partial charge in [-0.05, 0) is 57.4 Å². The Morgan fingerprint density at radius 2 is 0.822 bits per heavy atom. The number of hydrogen-bond acceptors (Lipinski definition) is 7. The number of unbranched alkanes of at least 4 members (excludes halogenated alkanes) is 38. The number of ether oxygens (including phenoxy) is 1. The summed E-state index contributed by atoms with van der Waals surface area (Å²) < 4.78 is 30.3. The number of hydrogen-bond donors (Lipinski definition) is 1. The van der Waals surface area contributed by atoms with Crippen molar-refractivity contribution in [1.82, 2.24) is 5.32 Å². The van der Waals surface area contributed by atoms with Gasteiger partial charge in [0.15, 0.2) is 0 Å². The van der Waals surface area contributed by atoms with E-state index < -0.39 is 20.0 Å². The van der Waals surface area contributed by atoms with E-state index in [-0.39, 0.29) is 31.5 Å². The van der Waals surface area contributed by atoms with Crippen molar-refractivity contribution in [2.24, 2.45) is 0 Å². The molecule has 0 heterocycles. The lowest BCUT2D eigenvalue weighted by Gasteiger charge is -2.30. The SMILES string of the molecule is CCCCC/C=C/C=C/CCCCCCCCC(=O)NC(COP(=O)([O-])OCC[N+](C)(C)C)C(/C=C\CCCCCCCCCCC)OC(=O)CCCCCCCCCCCCCCCCCCCCCCC. The smallest absolute Gasteiger partial charge is 0.306 e. The molecular weight excluding hydrogens is 928 g/mol. The fraction of sp³-hybridized carbons (Fsp3) is 0.873. The van der Waals surface area contributed by atoms with Gasteiger partial charge in [-0.3, -0.25) is 14.2 Å². The van der Waals surface area contributed by atoms with Crippen LogP contribution in [0.3, 0.4) is 0 Å². The standard InChI is InChI=1S/C63H121N2O7P/c1-7-10-13-16-19-22-25-27-29-30-31-32-33-34-36-38-41-44-47-50-53-56-63(67)72-61(54-51-48-45-42-39-24-21-18-15-12-9-3)60(59-71-73(68,69)70-58-57-65(4,5)6)64-62(66)55-52-49-46-43-40-37-35-28-26-23-20-17-14-11-8-2/h20,23,26,28,51,54,60-61H,7-19,21-22,24-25,27,29-50,52-53,55-59H2,1-6H3,(H-,64,66,68,69)/b23-20+,28-26+,54-51-. The summed E-state index contributed by atoms with van der Waals surface area (Å²) in [5.41, 5.74) is 0. The number of carbonyl (C=O) groups excluding carboxylic acids is 2. The van der Waals surface area contributed by atoms with E-state index in [0.29, 0.717) is 17.4 Å². The molecule has 9 nitrogen and oxygen atoms in total. The van der Waals surface area contributed by atoms with Crippen LogP contribution in [0.1, 0.15) is 303 Å². The second kappa shape index (κ2) is 53.6. The van der Waals surface area contributed by atoms with E-state index in [1.165, 1.54) is 186 Å². The fourth-order valence-corrected chi connectivity index (χ4v) is 9.94. The number of likely N-dealkylation sites (N-methyl/N-ethyl adjacent to an activating group) is 1. The lowest BCUT2D eigenvalue weighted by atomic mass is 10.0. The lowest BCUT2D eigenvalue weighted by Crippen LogP contribution is -2.47. The van der Waals surface area contributed by atoms with Gasteiger partial charge in [-0.2, -0.15) is 0 Å². The zero-order chi connectivity index (χ0) is 53.6. The van der Waals surface area contributed by atoms with Crippen LogP contribution in [-0.4, -0.2) is 69.4 Å². The van der Waals surface area contributed by atoms with Crippen molar-refractivity contribution in [1.29, 1.82) is 0 Å². The molecule has 0 saturated carbocycles. The van der Waals surface area contributed by atoms with E-state index in [1.807, 2.05) is 33.3 Å². The maximum Gasteiger partial charge on any atom is 0.306 e. The first-order chi connectivity index (χ1) is 35.4. The van der Waals surface area contributed by atoms with Crippen LogP contribution >= 0.6 is 7.82 Å². The third kappa shape index (κ3) is 54.8. The average molecular weight is 1050 g/mol. The van der Waals surface area contributed by atoms with Gasteiger partial charge in [0.05, 0.1) is 33.8 Å². The number of quaternary nitrogens is 1. The van der Waals surface area contributed by atoms with Gasteiger partial charge in [-0.15, -0.1) is 0 Å². The maximum absolute atomic E-state index is 13.5. The van der Waals surface area contributed by atoms with Crippen LogP contribution < -0.4 is 10.2 Å². The van der Waals surface area contributed by atoms with Gasteiger partial charge >= 0.3 is 5.97 Å². The molecule has 0 radical (unpaired) electrons. The van der Waals surface area contributed by atoms with Crippen molar-refractivity contribution >= 4 is 19.7 Å². The van der Waals surface area contributed by atoms with Gasteiger partial charge in [0.1, 0.15) is 19.3 Å². The molecule has 430 valence electrons. The highest BCUT2D eigenvalue weighted by molar-refractivity contribution is 7.45. The first-order valence-corrected chi connectivity index (χ1v) is 32.8. The second-order valence-corrected chi connectivity index (χ2v) is 24.0. The summed E-state index contributed by atoms with van der Waals surface area (Å²) in [6.07, 6.45) is 64.0. The number of esters is 1. The van der Waals surface area contributed by atoms with Crippen molar-refractivity contribution in [3.05, 3.63) is 36.5 Å². The molecule has 0 aromatic carbocycles. The molecule has 1 N–H and O–H groups in total. The predicted molar refractivity (Wildman–Crippen MR) is 312 cm³/mol. The van der Waals surface area contributed by atoms with Crippen molar-refractivity contribution in [3.8, 4) is 0 Å². The highest BCUT2D eigenvalue weighted by Crippen LogP contribution is 2.38. The van der Waals surface area contributed by atoms with Crippen molar-refractivity contribution in [2.75, 3.05) is 40.9 Å². The minimum atomic E-state index is -4.70. The number of allylic oxidation sites excluding steroid dienone is 5. The van der Waals surface area contributed by atoms with E-state index >= 15 is 0 Å². The van der Waals surface area contributed by atoms with Crippen molar-refractivity contribution in [2.45, 2.75) is 315 Å². The highest BCUT2D eigenvalue weighted by Gasteiger charge is 2.27. The van der Waals surface area contributed by atoms with Crippen LogP contribution in [0.4, 0.5) is 0 Å². The highest BCUT2D eigenvalue weighted by atomic mass is 31.2. The summed E-state index contributed by atoms with van der Waals surface area (Å²) in [4.78, 5) is 39.9. The van der Waals surface area contributed by atoms with Gasteiger partial charge in [0.2, 0.25) is 5.91 Å². The molecule has 0 aliphatic carbocycles. The summed E-state index contributed by atoms with van der Waals surface area (Å²) in [5.74, 6) is -0.542. The average Bonchev–Trinajstić information content (AvgIpc) is 3.35. The Morgan fingerprint density at radius 1 is 0.479 bits per heavy atom. The molecule has 0 spiro atoms. The van der Waals surface area contributed by atoms with E-state index in [2.05, 4.69) is 50.4 Å². The lowest BCUT2D eigenvalue weighted by molar-refractivity contribution is -0.870. The maximum atomic E-state index is 13.5. The Hall–Kier alpha value is -1.77. The Morgan fingerprint density at radius 3 is 1.23 bits per heavy atom. The molecule has 0 bridgehead atoms. The molecule has 0 aliphatic rings. The molecule has 3 atom stereocenters. The monoisotopic (exact) mass is 1050 g/mol. The molecule has 0 aromatic rings. The van der Waals surface area contributed by atoms with E-state index in [0.717, 1.165) is 83.5 Å². The number of rotatable bonds is 57. The van der Waals surface area contributed by atoms with Crippen LogP contribution in [0.15, 0.2) is 36.5 Å². The number of nitrogens with one attached hydrogen (secondary N) is 1.